The summed E-state index contributed by atoms with van der Waals surface area (Å²) in [6, 6.07) is 14.7. The first-order valence-electron chi connectivity index (χ1n) is 15.9. The predicted octanol–water partition coefficient (Wildman–Crippen LogP) is 3.82. The van der Waals surface area contributed by atoms with Crippen molar-refractivity contribution in [1.82, 2.24) is 10.6 Å². The Morgan fingerprint density at radius 3 is 1.56 bits per heavy atom. The van der Waals surface area contributed by atoms with E-state index in [4.69, 9.17) is 13.9 Å². The average molecular weight is 793 g/mol. The smallest absolute Gasteiger partial charge is 0.329 e. The summed E-state index contributed by atoms with van der Waals surface area (Å²) in [5.74, 6) is -10.4. The monoisotopic (exact) mass is 792 g/mol. The van der Waals surface area contributed by atoms with Crippen LogP contribution in [0.1, 0.15) is 20.7 Å². The van der Waals surface area contributed by atoms with Crippen molar-refractivity contribution < 1.29 is 63.7 Å². The number of ether oxygens (including phenoxy) is 2. The van der Waals surface area contributed by atoms with Gasteiger partial charge >= 0.3 is 11.9 Å². The van der Waals surface area contributed by atoms with Gasteiger partial charge in [0.05, 0.1) is 29.6 Å². The molecule has 18 heteroatoms. The van der Waals surface area contributed by atoms with E-state index >= 15 is 0 Å². The molecule has 16 nitrogen and oxygen atoms in total. The molecule has 1 heterocycles. The summed E-state index contributed by atoms with van der Waals surface area (Å²) in [6.45, 7) is 0. The van der Waals surface area contributed by atoms with E-state index in [9.17, 15) is 54.6 Å². The van der Waals surface area contributed by atoms with Crippen LogP contribution >= 0.6 is 23.5 Å². The van der Waals surface area contributed by atoms with Crippen LogP contribution in [0.3, 0.4) is 0 Å². The maximum atomic E-state index is 13.5. The van der Waals surface area contributed by atoms with E-state index in [1.807, 2.05) is 0 Å². The number of aromatic hydroxyl groups is 6. The van der Waals surface area contributed by atoms with Crippen molar-refractivity contribution in [3.63, 3.8) is 0 Å². The van der Waals surface area contributed by atoms with Gasteiger partial charge in [-0.1, -0.05) is 36.4 Å². The zero-order valence-electron chi connectivity index (χ0n) is 28.8. The van der Waals surface area contributed by atoms with Gasteiger partial charge in [-0.2, -0.15) is 0 Å². The first kappa shape index (κ1) is 39.7. The van der Waals surface area contributed by atoms with E-state index in [0.29, 0.717) is 23.5 Å². The molecular formula is C37H32N2O14S2. The van der Waals surface area contributed by atoms with Crippen LogP contribution in [0.2, 0.25) is 0 Å². The molecule has 0 fully saturated rings. The third kappa shape index (κ3) is 8.50. The van der Waals surface area contributed by atoms with Crippen LogP contribution in [0.4, 0.5) is 0 Å². The van der Waals surface area contributed by atoms with E-state index in [-0.39, 0.29) is 11.1 Å². The first-order valence-corrected chi connectivity index (χ1v) is 17.9. The van der Waals surface area contributed by atoms with Gasteiger partial charge in [-0.3, -0.25) is 14.4 Å². The zero-order chi connectivity index (χ0) is 40.0. The van der Waals surface area contributed by atoms with Crippen LogP contribution in [0.25, 0.3) is 22.3 Å². The van der Waals surface area contributed by atoms with Gasteiger partial charge in [0, 0.05) is 34.8 Å². The summed E-state index contributed by atoms with van der Waals surface area (Å²) in [4.78, 5) is 64.4. The summed E-state index contributed by atoms with van der Waals surface area (Å²) < 4.78 is 15.6. The van der Waals surface area contributed by atoms with Gasteiger partial charge < -0.3 is 55.2 Å². The molecule has 2 amide bonds. The first-order chi connectivity index (χ1) is 26.3. The predicted molar refractivity (Wildman–Crippen MR) is 199 cm³/mol. The van der Waals surface area contributed by atoms with E-state index < -0.39 is 119 Å². The van der Waals surface area contributed by atoms with Gasteiger partial charge in [-0.15, -0.1) is 23.5 Å². The molecule has 8 N–H and O–H groups in total. The molecule has 0 saturated carbocycles. The topological polar surface area (TPSA) is 262 Å². The second kappa shape index (κ2) is 17.1. The van der Waals surface area contributed by atoms with Crippen molar-refractivity contribution in [1.29, 1.82) is 0 Å². The number of nitrogens with one attached hydrogen (secondary N) is 2. The van der Waals surface area contributed by atoms with Crippen molar-refractivity contribution in [2.45, 2.75) is 21.9 Å². The quantitative estimate of drug-likeness (QED) is 0.0479. The molecule has 4 aromatic carbocycles. The number of methoxy groups -OCH3 is 2. The summed E-state index contributed by atoms with van der Waals surface area (Å²) in [7, 11) is 2.14. The fourth-order valence-electron chi connectivity index (χ4n) is 5.22. The van der Waals surface area contributed by atoms with Crippen molar-refractivity contribution in [3.05, 3.63) is 94.1 Å². The Morgan fingerprint density at radius 1 is 0.673 bits per heavy atom. The second-order valence-corrected chi connectivity index (χ2v) is 13.5. The highest BCUT2D eigenvalue weighted by Crippen LogP contribution is 2.56. The molecule has 5 aromatic rings. The third-order valence-corrected chi connectivity index (χ3v) is 10.3. The number of carbonyl (C=O) groups is 4. The fraction of sp³-hybridized carbons (Fsp3) is 0.162. The second-order valence-electron chi connectivity index (χ2n) is 11.5. The molecule has 55 heavy (non-hydrogen) atoms. The Bertz CT molecular complexity index is 2230. The number of hydrogen-bond acceptors (Lipinski definition) is 16. The third-order valence-electron chi connectivity index (χ3n) is 7.94. The minimum Gasteiger partial charge on any atom is -0.508 e. The zero-order valence-corrected chi connectivity index (χ0v) is 30.4. The Balaban J connectivity index is 1.65. The van der Waals surface area contributed by atoms with Gasteiger partial charge in [0.1, 0.15) is 34.6 Å². The van der Waals surface area contributed by atoms with Crippen LogP contribution < -0.4 is 16.1 Å². The van der Waals surface area contributed by atoms with Gasteiger partial charge in [-0.25, -0.2) is 9.59 Å². The number of rotatable bonds is 13. The number of phenols is 5. The van der Waals surface area contributed by atoms with Crippen LogP contribution in [0, 0.1) is 0 Å². The maximum Gasteiger partial charge on any atom is 0.329 e. The number of hydrogen-bond donors (Lipinski definition) is 8. The lowest BCUT2D eigenvalue weighted by Gasteiger charge is -2.22. The molecular weight excluding hydrogens is 761 g/mol. The van der Waals surface area contributed by atoms with E-state index in [1.54, 1.807) is 36.4 Å². The number of phenolic OH excluding ortho intramolecular Hbond substituents is 5. The van der Waals surface area contributed by atoms with Crippen LogP contribution in [-0.4, -0.2) is 92.2 Å². The van der Waals surface area contributed by atoms with Crippen molar-refractivity contribution in [2.24, 2.45) is 0 Å². The Kier molecular flexibility index (Phi) is 12.3. The molecule has 0 aliphatic carbocycles. The maximum absolute atomic E-state index is 13.5. The van der Waals surface area contributed by atoms with E-state index in [0.717, 1.165) is 26.4 Å². The van der Waals surface area contributed by atoms with Gasteiger partial charge in [0.25, 0.3) is 11.8 Å². The summed E-state index contributed by atoms with van der Waals surface area (Å²) >= 11 is 1.18. The van der Waals surface area contributed by atoms with Crippen molar-refractivity contribution >= 4 is 58.2 Å². The number of esters is 2. The van der Waals surface area contributed by atoms with E-state index in [2.05, 4.69) is 10.6 Å². The molecule has 5 rings (SSSR count). The van der Waals surface area contributed by atoms with Crippen LogP contribution in [0.15, 0.2) is 91.8 Å². The van der Waals surface area contributed by atoms with Crippen LogP contribution in [-0.2, 0) is 19.1 Å². The normalized spacial score (nSPS) is 12.0. The molecule has 0 aliphatic rings. The number of carbonyl (C=O) groups excluding carboxylic acids is 4. The van der Waals surface area contributed by atoms with Crippen molar-refractivity contribution in [2.75, 3.05) is 25.7 Å². The largest absolute Gasteiger partial charge is 0.508 e. The molecule has 2 atom stereocenters. The SMILES string of the molecule is COC(=O)C(CSc1c(O)c(O)c(O)c(SCC(NC(=O)c2ccccc2)C(=O)OC)c1-c1oc2cc(O)cc(O)c2c(=O)c1O)NC(=O)c1ccccc1. The lowest BCUT2D eigenvalue weighted by molar-refractivity contribution is -0.143. The Morgan fingerprint density at radius 2 is 1.13 bits per heavy atom. The molecule has 0 radical (unpaired) electrons. The molecule has 0 aliphatic heterocycles. The molecule has 286 valence electrons. The average Bonchev–Trinajstić information content (AvgIpc) is 3.19. The number of thioether (sulfide) groups is 2. The highest BCUT2D eigenvalue weighted by atomic mass is 32.2. The highest BCUT2D eigenvalue weighted by molar-refractivity contribution is 8.00. The van der Waals surface area contributed by atoms with Crippen LogP contribution in [0.5, 0.6) is 34.5 Å². The van der Waals surface area contributed by atoms with Gasteiger partial charge in [0.2, 0.25) is 16.9 Å². The molecule has 0 saturated heterocycles. The molecule has 2 unspecified atom stereocenters. The number of benzene rings is 4. The Hall–Kier alpha value is -6.53. The summed E-state index contributed by atoms with van der Waals surface area (Å²) in [5, 5.41) is 69.8. The number of fused-ring (bicyclic) bond motifs is 1. The molecule has 1 aromatic heterocycles. The fourth-order valence-corrected chi connectivity index (χ4v) is 7.53. The minimum atomic E-state index is -1.41. The standard InChI is InChI=1S/C37H32N2O14S2/c1-51-36(49)20(38-34(47)17-9-5-3-6-10-17)15-54-32-25(31-28(44)26(42)24-22(41)13-19(40)14-23(24)53-31)33(30(46)27(43)29(32)45)55-16-21(37(50)52-2)39-35(48)18-11-7-4-8-12-18/h3-14,20-21,40-41,43-46H,15-16H2,1-2H3,(H,38,47)(H,39,48). The lowest BCUT2D eigenvalue weighted by Crippen LogP contribution is -2.43. The lowest BCUT2D eigenvalue weighted by atomic mass is 10.1. The Labute approximate surface area is 319 Å². The summed E-state index contributed by atoms with van der Waals surface area (Å²) in [5.41, 5.74) is -1.75. The minimum absolute atomic E-state index is 0.194. The molecule has 0 bridgehead atoms. The van der Waals surface area contributed by atoms with Crippen molar-refractivity contribution in [3.8, 4) is 45.8 Å². The van der Waals surface area contributed by atoms with Gasteiger partial charge in [-0.05, 0) is 24.3 Å². The highest BCUT2D eigenvalue weighted by Gasteiger charge is 2.33. The van der Waals surface area contributed by atoms with E-state index in [1.165, 1.54) is 24.3 Å². The molecule has 0 spiro atoms. The number of amides is 2. The van der Waals surface area contributed by atoms with Gasteiger partial charge in [0.15, 0.2) is 17.3 Å². The summed E-state index contributed by atoms with van der Waals surface area (Å²) in [6.07, 6.45) is 0.